The zero-order valence-corrected chi connectivity index (χ0v) is 9.59. The SMILES string of the molecule is CC(=O)/C(=C(/C)O)c1ccc(C)c(C)c1. The van der Waals surface area contributed by atoms with Crippen molar-refractivity contribution in [2.45, 2.75) is 27.7 Å². The molecule has 0 fully saturated rings. The summed E-state index contributed by atoms with van der Waals surface area (Å²) < 4.78 is 0. The van der Waals surface area contributed by atoms with Crippen LogP contribution in [0.5, 0.6) is 0 Å². The van der Waals surface area contributed by atoms with Gasteiger partial charge in [-0.05, 0) is 44.4 Å². The Balaban J connectivity index is 3.32. The lowest BCUT2D eigenvalue weighted by atomic mass is 9.97. The summed E-state index contributed by atoms with van der Waals surface area (Å²) in [6, 6.07) is 5.74. The van der Waals surface area contributed by atoms with Crippen molar-refractivity contribution in [2.75, 3.05) is 0 Å². The van der Waals surface area contributed by atoms with E-state index in [4.69, 9.17) is 0 Å². The van der Waals surface area contributed by atoms with E-state index in [2.05, 4.69) is 0 Å². The van der Waals surface area contributed by atoms with E-state index in [0.29, 0.717) is 5.57 Å². The lowest BCUT2D eigenvalue weighted by Gasteiger charge is -2.08. The van der Waals surface area contributed by atoms with Crippen LogP contribution in [-0.4, -0.2) is 10.9 Å². The molecule has 80 valence electrons. The van der Waals surface area contributed by atoms with Crippen LogP contribution in [0.4, 0.5) is 0 Å². The summed E-state index contributed by atoms with van der Waals surface area (Å²) in [7, 11) is 0. The van der Waals surface area contributed by atoms with Crippen molar-refractivity contribution in [2.24, 2.45) is 0 Å². The second-order valence-corrected chi connectivity index (χ2v) is 3.82. The lowest BCUT2D eigenvalue weighted by molar-refractivity contribution is -0.111. The van der Waals surface area contributed by atoms with Gasteiger partial charge in [0.25, 0.3) is 0 Å². The van der Waals surface area contributed by atoms with Gasteiger partial charge in [0.2, 0.25) is 0 Å². The molecule has 2 heteroatoms. The molecule has 0 aliphatic carbocycles. The number of hydrogen-bond acceptors (Lipinski definition) is 2. The first-order valence-corrected chi connectivity index (χ1v) is 4.92. The average molecular weight is 204 g/mol. The number of aryl methyl sites for hydroxylation is 2. The second-order valence-electron chi connectivity index (χ2n) is 3.82. The van der Waals surface area contributed by atoms with Crippen LogP contribution in [-0.2, 0) is 4.79 Å². The van der Waals surface area contributed by atoms with Crippen molar-refractivity contribution in [1.29, 1.82) is 0 Å². The van der Waals surface area contributed by atoms with Crippen LogP contribution in [0, 0.1) is 13.8 Å². The minimum Gasteiger partial charge on any atom is -0.512 e. The number of aliphatic hydroxyl groups is 1. The predicted octanol–water partition coefficient (Wildman–Crippen LogP) is 3.18. The molecule has 0 saturated carbocycles. The third kappa shape index (κ3) is 2.46. The third-order valence-corrected chi connectivity index (χ3v) is 2.51. The smallest absolute Gasteiger partial charge is 0.163 e. The summed E-state index contributed by atoms with van der Waals surface area (Å²) in [5.41, 5.74) is 3.48. The zero-order valence-electron chi connectivity index (χ0n) is 9.59. The second kappa shape index (κ2) is 4.30. The molecular weight excluding hydrogens is 188 g/mol. The van der Waals surface area contributed by atoms with Gasteiger partial charge >= 0.3 is 0 Å². The quantitative estimate of drug-likeness (QED) is 0.593. The van der Waals surface area contributed by atoms with Gasteiger partial charge < -0.3 is 5.11 Å². The number of benzene rings is 1. The number of allylic oxidation sites excluding steroid dienone is 2. The zero-order chi connectivity index (χ0) is 11.6. The van der Waals surface area contributed by atoms with Gasteiger partial charge in [-0.1, -0.05) is 18.2 Å². The van der Waals surface area contributed by atoms with Crippen molar-refractivity contribution >= 4 is 11.4 Å². The molecule has 0 amide bonds. The topological polar surface area (TPSA) is 37.3 Å². The Morgan fingerprint density at radius 2 is 1.73 bits per heavy atom. The maximum absolute atomic E-state index is 11.4. The van der Waals surface area contributed by atoms with Gasteiger partial charge in [0.15, 0.2) is 5.78 Å². The van der Waals surface area contributed by atoms with Crippen LogP contribution in [0.2, 0.25) is 0 Å². The first kappa shape index (κ1) is 11.5. The molecule has 0 aliphatic rings. The minimum atomic E-state index is -0.113. The van der Waals surface area contributed by atoms with Crippen LogP contribution in [0.1, 0.15) is 30.5 Å². The number of hydrogen-bond donors (Lipinski definition) is 1. The molecule has 1 aromatic carbocycles. The molecule has 0 unspecified atom stereocenters. The fourth-order valence-corrected chi connectivity index (χ4v) is 1.56. The van der Waals surface area contributed by atoms with Gasteiger partial charge in [-0.3, -0.25) is 4.79 Å². The van der Waals surface area contributed by atoms with Crippen molar-refractivity contribution < 1.29 is 9.90 Å². The molecule has 0 atom stereocenters. The summed E-state index contributed by atoms with van der Waals surface area (Å²) in [5.74, 6) is -0.0380. The molecule has 2 nitrogen and oxygen atoms in total. The van der Waals surface area contributed by atoms with Gasteiger partial charge in [0.05, 0.1) is 5.57 Å². The average Bonchev–Trinajstić information content (AvgIpc) is 2.10. The summed E-state index contributed by atoms with van der Waals surface area (Å²) in [6.07, 6.45) is 0. The largest absolute Gasteiger partial charge is 0.512 e. The van der Waals surface area contributed by atoms with E-state index in [0.717, 1.165) is 11.1 Å². The number of Topliss-reactive ketones (excluding diaryl/α,β-unsaturated/α-hetero) is 1. The Morgan fingerprint density at radius 3 is 2.13 bits per heavy atom. The molecule has 0 saturated heterocycles. The van der Waals surface area contributed by atoms with Crippen LogP contribution < -0.4 is 0 Å². The molecule has 0 bridgehead atoms. The van der Waals surface area contributed by atoms with Gasteiger partial charge in [0.1, 0.15) is 5.76 Å². The van der Waals surface area contributed by atoms with Crippen LogP contribution >= 0.6 is 0 Å². The molecule has 1 aromatic rings. The normalized spacial score (nSPS) is 12.3. The van der Waals surface area contributed by atoms with Crippen molar-refractivity contribution in [3.63, 3.8) is 0 Å². The molecule has 0 radical (unpaired) electrons. The maximum Gasteiger partial charge on any atom is 0.163 e. The Bertz CT molecular complexity index is 424. The highest BCUT2D eigenvalue weighted by molar-refractivity contribution is 6.20. The number of ketones is 1. The molecule has 1 rings (SSSR count). The number of carbonyl (C=O) groups excluding carboxylic acids is 1. The molecular formula is C13H16O2. The van der Waals surface area contributed by atoms with E-state index in [9.17, 15) is 9.90 Å². The van der Waals surface area contributed by atoms with E-state index in [1.165, 1.54) is 19.4 Å². The summed E-state index contributed by atoms with van der Waals surface area (Å²) in [5, 5.41) is 9.45. The first-order valence-electron chi connectivity index (χ1n) is 4.92. The van der Waals surface area contributed by atoms with Crippen molar-refractivity contribution in [3.8, 4) is 0 Å². The number of carbonyl (C=O) groups is 1. The highest BCUT2D eigenvalue weighted by atomic mass is 16.3. The lowest BCUT2D eigenvalue weighted by Crippen LogP contribution is -2.00. The predicted molar refractivity (Wildman–Crippen MR) is 61.8 cm³/mol. The minimum absolute atomic E-state index is 0.0748. The van der Waals surface area contributed by atoms with Gasteiger partial charge in [-0.2, -0.15) is 0 Å². The fourth-order valence-electron chi connectivity index (χ4n) is 1.56. The monoisotopic (exact) mass is 204 g/mol. The molecule has 0 spiro atoms. The summed E-state index contributed by atoms with van der Waals surface area (Å²) in [4.78, 5) is 11.4. The van der Waals surface area contributed by atoms with E-state index < -0.39 is 0 Å². The summed E-state index contributed by atoms with van der Waals surface area (Å²) >= 11 is 0. The van der Waals surface area contributed by atoms with Crippen molar-refractivity contribution in [3.05, 3.63) is 40.6 Å². The summed E-state index contributed by atoms with van der Waals surface area (Å²) in [6.45, 7) is 7.00. The van der Waals surface area contributed by atoms with E-state index >= 15 is 0 Å². The highest BCUT2D eigenvalue weighted by Gasteiger charge is 2.11. The van der Waals surface area contributed by atoms with Crippen LogP contribution in [0.25, 0.3) is 5.57 Å². The Labute approximate surface area is 90.3 Å². The van der Waals surface area contributed by atoms with Gasteiger partial charge in [0, 0.05) is 0 Å². The molecule has 0 aliphatic heterocycles. The standard InChI is InChI=1S/C13H16O2/c1-8-5-6-12(7-9(8)2)13(10(3)14)11(4)15/h5-7,14H,1-4H3/b13-10+. The third-order valence-electron chi connectivity index (χ3n) is 2.51. The van der Waals surface area contributed by atoms with Crippen LogP contribution in [0.3, 0.4) is 0 Å². The number of aliphatic hydroxyl groups excluding tert-OH is 1. The Morgan fingerprint density at radius 1 is 1.13 bits per heavy atom. The Kier molecular flexibility index (Phi) is 3.30. The van der Waals surface area contributed by atoms with E-state index in [-0.39, 0.29) is 11.5 Å². The first-order chi connectivity index (χ1) is 6.93. The van der Waals surface area contributed by atoms with Crippen molar-refractivity contribution in [1.82, 2.24) is 0 Å². The molecule has 0 aromatic heterocycles. The van der Waals surface area contributed by atoms with Gasteiger partial charge in [-0.15, -0.1) is 0 Å². The van der Waals surface area contributed by atoms with Gasteiger partial charge in [-0.25, -0.2) is 0 Å². The van der Waals surface area contributed by atoms with E-state index in [1.54, 1.807) is 0 Å². The molecule has 1 N–H and O–H groups in total. The maximum atomic E-state index is 11.4. The van der Waals surface area contributed by atoms with Crippen LogP contribution in [0.15, 0.2) is 24.0 Å². The highest BCUT2D eigenvalue weighted by Crippen LogP contribution is 2.21. The Hall–Kier alpha value is -1.57. The molecule has 0 heterocycles. The fraction of sp³-hybridized carbons (Fsp3) is 0.308. The van der Waals surface area contributed by atoms with E-state index in [1.807, 2.05) is 32.0 Å². The molecule has 15 heavy (non-hydrogen) atoms. The number of rotatable bonds is 2.